The summed E-state index contributed by atoms with van der Waals surface area (Å²) in [7, 11) is 5.97. The molecule has 3 amide bonds. The largest absolute Gasteiger partial charge is 0.467 e. The highest BCUT2D eigenvalue weighted by atomic mass is 16.6. The number of hydrogen-bond acceptors (Lipinski definition) is 12. The average molecular weight is 1030 g/mol. The quantitative estimate of drug-likeness (QED) is 0.0946. The van der Waals surface area contributed by atoms with Gasteiger partial charge in [-0.2, -0.15) is 0 Å². The number of ether oxygens (including phenoxy) is 1. The summed E-state index contributed by atoms with van der Waals surface area (Å²) in [6.45, 7) is 7.21. The fourth-order valence-corrected chi connectivity index (χ4v) is 9.73. The van der Waals surface area contributed by atoms with Gasteiger partial charge in [-0.15, -0.1) is 0 Å². The Labute approximate surface area is 444 Å². The molecule has 6 aromatic carbocycles. The van der Waals surface area contributed by atoms with Gasteiger partial charge in [-0.05, 0) is 107 Å². The van der Waals surface area contributed by atoms with Crippen molar-refractivity contribution >= 4 is 40.8 Å². The van der Waals surface area contributed by atoms with Gasteiger partial charge in [-0.25, -0.2) is 4.79 Å². The summed E-state index contributed by atoms with van der Waals surface area (Å²) in [6, 6.07) is 46.0. The highest BCUT2D eigenvalue weighted by Crippen LogP contribution is 2.29. The molecule has 0 aromatic heterocycles. The Morgan fingerprint density at radius 3 is 1.14 bits per heavy atom. The van der Waals surface area contributed by atoms with Crippen molar-refractivity contribution in [1.82, 2.24) is 14.7 Å². The summed E-state index contributed by atoms with van der Waals surface area (Å²) in [6.07, 6.45) is 1.50. The standard InChI is InChI=1S/C21H22N2O4.C20H22N2O3.C20H22N2O2/c1-14-6-4-5-7-18(14)15-8-10-16(11-9-15)20(24)23-13-17(22-27-3)12-19(23)21(25)26-2;1-14-5-3-4-6-19(14)15-7-9-16(10-8-15)20(24)22-12-17(21-25-2)11-18(22)13-23;1-14-5-3-4-6-19(14)15-7-9-16(10-8-15)20(24)22-12-17(21-2)11-18(22)13-23/h4-11,19H,12-13H2,1-3H3;3-10,18,23H,11-13H2,1-2H3;3-10,18,23H,11-13H2,1-2H3/t19-;2*18-/m000/s1. The number of rotatable bonds is 11. The van der Waals surface area contributed by atoms with Gasteiger partial charge in [0.25, 0.3) is 17.7 Å². The first-order valence-corrected chi connectivity index (χ1v) is 25.2. The van der Waals surface area contributed by atoms with Crippen LogP contribution >= 0.6 is 0 Å². The van der Waals surface area contributed by atoms with Gasteiger partial charge in [0.05, 0.1) is 63.5 Å². The third kappa shape index (κ3) is 13.1. The number of oxime groups is 2. The minimum absolute atomic E-state index is 0.0357. The first-order chi connectivity index (χ1) is 36.8. The molecule has 6 aromatic rings. The first-order valence-electron chi connectivity index (χ1n) is 25.2. The Morgan fingerprint density at radius 2 is 0.803 bits per heavy atom. The summed E-state index contributed by atoms with van der Waals surface area (Å²) >= 11 is 0. The van der Waals surface area contributed by atoms with Gasteiger partial charge in [0.1, 0.15) is 20.3 Å². The van der Waals surface area contributed by atoms with Crippen LogP contribution in [0, 0.1) is 20.8 Å². The lowest BCUT2D eigenvalue weighted by Gasteiger charge is -2.22. The molecular weight excluding hydrogens is 961 g/mol. The van der Waals surface area contributed by atoms with Crippen molar-refractivity contribution in [1.29, 1.82) is 0 Å². The SMILES string of the molecule is CN=C1C[C@@H](CO)N(C(=O)c2ccc(-c3ccccc3C)cc2)C1.CON=C1C[C@@H](C(=O)OC)N(C(=O)c2ccc(-c3ccccc3C)cc2)C1.CON=C1C[C@@H](CO)N(C(=O)c2ccc(-c3ccccc3C)cc2)C1. The van der Waals surface area contributed by atoms with Crippen molar-refractivity contribution in [2.75, 3.05) is 61.2 Å². The molecule has 9 rings (SSSR count). The third-order valence-corrected chi connectivity index (χ3v) is 13.9. The number of aryl methyl sites for hydroxylation is 3. The molecule has 3 aliphatic heterocycles. The number of carbonyl (C=O) groups is 4. The van der Waals surface area contributed by atoms with E-state index in [9.17, 15) is 29.4 Å². The smallest absolute Gasteiger partial charge is 0.329 e. The van der Waals surface area contributed by atoms with Gasteiger partial charge in [0.15, 0.2) is 0 Å². The maximum Gasteiger partial charge on any atom is 0.329 e. The number of benzene rings is 6. The van der Waals surface area contributed by atoms with Crippen LogP contribution in [0.25, 0.3) is 33.4 Å². The molecule has 0 bridgehead atoms. The number of aliphatic hydroxyl groups excluding tert-OH is 2. The molecular formula is C61H66N6O9. The molecule has 3 fully saturated rings. The number of methoxy groups -OCH3 is 1. The lowest BCUT2D eigenvalue weighted by Crippen LogP contribution is -2.41. The summed E-state index contributed by atoms with van der Waals surface area (Å²) < 4.78 is 4.84. The number of aliphatic hydroxyl groups is 2. The van der Waals surface area contributed by atoms with Crippen LogP contribution in [-0.2, 0) is 19.2 Å². The van der Waals surface area contributed by atoms with Crippen molar-refractivity contribution < 1.29 is 43.8 Å². The van der Waals surface area contributed by atoms with Gasteiger partial charge in [0.2, 0.25) is 0 Å². The number of nitrogens with zero attached hydrogens (tertiary/aromatic N) is 6. The number of carbonyl (C=O) groups excluding carboxylic acids is 4. The Bertz CT molecular complexity index is 3080. The average Bonchev–Trinajstić information content (AvgIpc) is 4.22. The van der Waals surface area contributed by atoms with Gasteiger partial charge in [0, 0.05) is 48.7 Å². The van der Waals surface area contributed by atoms with Gasteiger partial charge in [-0.1, -0.05) is 120 Å². The molecule has 3 aliphatic rings. The van der Waals surface area contributed by atoms with Crippen molar-refractivity contribution in [2.45, 2.75) is 58.2 Å². The fraction of sp³-hybridized carbons (Fsp3) is 0.295. The Hall–Kier alpha value is -8.27. The molecule has 0 radical (unpaired) electrons. The monoisotopic (exact) mass is 1030 g/mol. The van der Waals surface area contributed by atoms with E-state index in [1.54, 1.807) is 29.0 Å². The van der Waals surface area contributed by atoms with Gasteiger partial charge in [-0.3, -0.25) is 19.4 Å². The summed E-state index contributed by atoms with van der Waals surface area (Å²) in [5.41, 5.74) is 14.4. The van der Waals surface area contributed by atoms with E-state index in [4.69, 9.17) is 14.4 Å². The lowest BCUT2D eigenvalue weighted by atomic mass is 9.99. The molecule has 0 spiro atoms. The van der Waals surface area contributed by atoms with Crippen LogP contribution in [0.5, 0.6) is 0 Å². The maximum absolute atomic E-state index is 13.0. The normalized spacial score (nSPS) is 18.5. The second kappa shape index (κ2) is 26.3. The van der Waals surface area contributed by atoms with Crippen molar-refractivity contribution in [2.24, 2.45) is 15.3 Å². The molecule has 15 heteroatoms. The highest BCUT2D eigenvalue weighted by molar-refractivity contribution is 6.05. The molecule has 3 atom stereocenters. The molecule has 2 N–H and O–H groups in total. The van der Waals surface area contributed by atoms with Crippen LogP contribution < -0.4 is 0 Å². The van der Waals surface area contributed by atoms with E-state index in [1.165, 1.54) is 48.5 Å². The summed E-state index contributed by atoms with van der Waals surface area (Å²) in [5.74, 6) is -0.843. The second-order valence-electron chi connectivity index (χ2n) is 18.8. The van der Waals surface area contributed by atoms with Crippen LogP contribution in [-0.4, -0.2) is 145 Å². The number of likely N-dealkylation sites (tertiary alicyclic amines) is 3. The predicted octanol–water partition coefficient (Wildman–Crippen LogP) is 8.86. The molecule has 394 valence electrons. The van der Waals surface area contributed by atoms with Crippen molar-refractivity contribution in [3.63, 3.8) is 0 Å². The van der Waals surface area contributed by atoms with E-state index in [-0.39, 0.29) is 49.6 Å². The molecule has 0 aliphatic carbocycles. The molecule has 0 unspecified atom stereocenters. The highest BCUT2D eigenvalue weighted by Gasteiger charge is 2.39. The lowest BCUT2D eigenvalue weighted by molar-refractivity contribution is -0.145. The fourth-order valence-electron chi connectivity index (χ4n) is 9.73. The minimum Gasteiger partial charge on any atom is -0.467 e. The Morgan fingerprint density at radius 1 is 0.474 bits per heavy atom. The zero-order valence-electron chi connectivity index (χ0n) is 44.2. The molecule has 15 nitrogen and oxygen atoms in total. The first kappa shape index (κ1) is 55.5. The molecule has 3 saturated heterocycles. The minimum atomic E-state index is -0.688. The molecule has 76 heavy (non-hydrogen) atoms. The topological polar surface area (TPSA) is 183 Å². The summed E-state index contributed by atoms with van der Waals surface area (Å²) in [5, 5.41) is 26.9. The zero-order chi connectivity index (χ0) is 54.3. The number of amides is 3. The Balaban J connectivity index is 0.000000166. The molecule has 3 heterocycles. The number of hydrogen-bond donors (Lipinski definition) is 2. The van der Waals surface area contributed by atoms with E-state index < -0.39 is 12.0 Å². The second-order valence-corrected chi connectivity index (χ2v) is 18.8. The van der Waals surface area contributed by atoms with Crippen molar-refractivity contribution in [3.05, 3.63) is 179 Å². The Kier molecular flexibility index (Phi) is 19.2. The van der Waals surface area contributed by atoms with E-state index in [2.05, 4.69) is 66.4 Å². The van der Waals surface area contributed by atoms with E-state index >= 15 is 0 Å². The number of esters is 1. The maximum atomic E-state index is 13.0. The molecule has 0 saturated carbocycles. The van der Waals surface area contributed by atoms with E-state index in [1.807, 2.05) is 103 Å². The van der Waals surface area contributed by atoms with Crippen molar-refractivity contribution in [3.8, 4) is 33.4 Å². The summed E-state index contributed by atoms with van der Waals surface area (Å²) in [4.78, 5) is 69.2. The van der Waals surface area contributed by atoms with E-state index in [0.29, 0.717) is 54.8 Å². The van der Waals surface area contributed by atoms with Gasteiger partial charge >= 0.3 is 5.97 Å². The van der Waals surface area contributed by atoms with E-state index in [0.717, 1.165) is 39.2 Å². The third-order valence-electron chi connectivity index (χ3n) is 13.9. The van der Waals surface area contributed by atoms with Crippen LogP contribution in [0.3, 0.4) is 0 Å². The van der Waals surface area contributed by atoms with Crippen LogP contribution in [0.15, 0.2) is 161 Å². The van der Waals surface area contributed by atoms with Crippen LogP contribution in [0.2, 0.25) is 0 Å². The number of aliphatic imine (C=N–C) groups is 1. The van der Waals surface area contributed by atoms with Crippen LogP contribution in [0.4, 0.5) is 0 Å². The zero-order valence-corrected chi connectivity index (χ0v) is 44.2. The van der Waals surface area contributed by atoms with Gasteiger partial charge < -0.3 is 39.3 Å². The van der Waals surface area contributed by atoms with Crippen LogP contribution in [0.1, 0.15) is 67.0 Å². The predicted molar refractivity (Wildman–Crippen MR) is 297 cm³/mol.